The van der Waals surface area contributed by atoms with Crippen LogP contribution in [-0.4, -0.2) is 10.8 Å². The predicted octanol–water partition coefficient (Wildman–Crippen LogP) is 5.98. The number of ether oxygens (including phenoxy) is 1. The van der Waals surface area contributed by atoms with Gasteiger partial charge in [-0.05, 0) is 70.1 Å². The van der Waals surface area contributed by atoms with Crippen molar-refractivity contribution in [2.45, 2.75) is 6.61 Å². The number of rotatable bonds is 7. The van der Waals surface area contributed by atoms with Gasteiger partial charge in [-0.25, -0.2) is 0 Å². The van der Waals surface area contributed by atoms with Crippen LogP contribution in [0.2, 0.25) is 5.02 Å². The molecule has 0 spiro atoms. The molecule has 3 rings (SSSR count). The van der Waals surface area contributed by atoms with Crippen LogP contribution in [0.3, 0.4) is 0 Å². The largest absolute Gasteiger partial charge is 0.488 e. The summed E-state index contributed by atoms with van der Waals surface area (Å²) in [5, 5.41) is 23.5. The summed E-state index contributed by atoms with van der Waals surface area (Å²) in [4.78, 5) is 22.8. The van der Waals surface area contributed by atoms with Crippen molar-refractivity contribution in [1.82, 2.24) is 0 Å². The van der Waals surface area contributed by atoms with E-state index in [1.54, 1.807) is 30.3 Å². The summed E-state index contributed by atoms with van der Waals surface area (Å²) in [6.45, 7) is 0.372. The number of non-ortho nitro benzene ring substituents is 1. The first-order valence-corrected chi connectivity index (χ1v) is 10.7. The Balaban J connectivity index is 1.71. The van der Waals surface area contributed by atoms with Gasteiger partial charge in [-0.3, -0.25) is 14.9 Å². The van der Waals surface area contributed by atoms with Crippen molar-refractivity contribution >= 4 is 57.5 Å². The number of nitro groups is 1. The number of halogens is 2. The number of nitro benzene ring substituents is 1. The normalized spacial score (nSPS) is 10.8. The number of benzene rings is 3. The molecule has 1 N–H and O–H groups in total. The van der Waals surface area contributed by atoms with Gasteiger partial charge in [0, 0.05) is 22.8 Å². The molecule has 9 heteroatoms. The summed E-state index contributed by atoms with van der Waals surface area (Å²) < 4.78 is 6.64. The molecule has 0 heterocycles. The average Bonchev–Trinajstić information content (AvgIpc) is 2.78. The Kier molecular flexibility index (Phi) is 7.81. The molecule has 0 fully saturated rings. The third-order valence-corrected chi connectivity index (χ3v) is 5.35. The van der Waals surface area contributed by atoms with Gasteiger partial charge >= 0.3 is 0 Å². The average molecular weight is 560 g/mol. The van der Waals surface area contributed by atoms with E-state index in [2.05, 4.69) is 27.9 Å². The van der Waals surface area contributed by atoms with Crippen LogP contribution < -0.4 is 10.1 Å². The Bertz CT molecular complexity index is 1240. The van der Waals surface area contributed by atoms with Crippen molar-refractivity contribution in [3.05, 3.63) is 102 Å². The maximum Gasteiger partial charge on any atom is 0.271 e. The number of carbonyl (C=O) groups excluding carboxylic acids is 1. The Hall–Kier alpha value is -3.42. The number of nitrogens with one attached hydrogen (secondary N) is 1. The van der Waals surface area contributed by atoms with Crippen LogP contribution in [0.15, 0.2) is 72.3 Å². The number of carbonyl (C=O) groups is 1. The number of nitriles is 1. The number of hydrogen-bond acceptors (Lipinski definition) is 5. The number of hydrogen-bond donors (Lipinski definition) is 1. The minimum Gasteiger partial charge on any atom is -0.488 e. The third-order valence-electron chi connectivity index (χ3n) is 4.25. The second-order valence-corrected chi connectivity index (χ2v) is 8.14. The lowest BCUT2D eigenvalue weighted by molar-refractivity contribution is -0.384. The molecule has 0 radical (unpaired) electrons. The van der Waals surface area contributed by atoms with Crippen molar-refractivity contribution in [3.63, 3.8) is 0 Å². The van der Waals surface area contributed by atoms with E-state index in [9.17, 15) is 20.2 Å². The number of nitrogens with zero attached hydrogens (tertiary/aromatic N) is 2. The van der Waals surface area contributed by atoms with Crippen molar-refractivity contribution in [2.75, 3.05) is 5.32 Å². The predicted molar refractivity (Wildman–Crippen MR) is 130 cm³/mol. The summed E-state index contributed by atoms with van der Waals surface area (Å²) in [7, 11) is 0. The summed E-state index contributed by atoms with van der Waals surface area (Å²) >= 11 is 8.00. The zero-order chi connectivity index (χ0) is 23.1. The first kappa shape index (κ1) is 23.2. The summed E-state index contributed by atoms with van der Waals surface area (Å²) in [6, 6.07) is 20.0. The van der Waals surface area contributed by atoms with Gasteiger partial charge in [0.1, 0.15) is 24.0 Å². The van der Waals surface area contributed by atoms with Crippen LogP contribution >= 0.6 is 34.2 Å². The lowest BCUT2D eigenvalue weighted by Crippen LogP contribution is -2.13. The van der Waals surface area contributed by atoms with Crippen LogP contribution in [0.4, 0.5) is 11.4 Å². The van der Waals surface area contributed by atoms with E-state index in [0.717, 1.165) is 9.13 Å². The highest BCUT2D eigenvalue weighted by molar-refractivity contribution is 14.1. The summed E-state index contributed by atoms with van der Waals surface area (Å²) in [5.74, 6) is 0.00308. The quantitative estimate of drug-likeness (QED) is 0.126. The van der Waals surface area contributed by atoms with E-state index in [0.29, 0.717) is 22.9 Å². The van der Waals surface area contributed by atoms with E-state index >= 15 is 0 Å². The van der Waals surface area contributed by atoms with Crippen molar-refractivity contribution in [1.29, 1.82) is 5.26 Å². The Morgan fingerprint density at radius 2 is 1.94 bits per heavy atom. The smallest absolute Gasteiger partial charge is 0.271 e. The topological polar surface area (TPSA) is 105 Å². The molecule has 0 aromatic heterocycles. The lowest BCUT2D eigenvalue weighted by Gasteiger charge is -2.09. The molecule has 0 aliphatic heterocycles. The Morgan fingerprint density at radius 1 is 1.19 bits per heavy atom. The Morgan fingerprint density at radius 3 is 2.59 bits per heavy atom. The zero-order valence-corrected chi connectivity index (χ0v) is 19.3. The fourth-order valence-electron chi connectivity index (χ4n) is 2.68. The monoisotopic (exact) mass is 559 g/mol. The highest BCUT2D eigenvalue weighted by Gasteiger charge is 2.13. The van der Waals surface area contributed by atoms with Crippen molar-refractivity contribution < 1.29 is 14.5 Å². The van der Waals surface area contributed by atoms with Gasteiger partial charge in [0.2, 0.25) is 0 Å². The van der Waals surface area contributed by atoms with Gasteiger partial charge in [-0.1, -0.05) is 35.9 Å². The molecular weight excluding hydrogens is 545 g/mol. The molecular formula is C23H15ClIN3O4. The molecule has 3 aromatic rings. The highest BCUT2D eigenvalue weighted by atomic mass is 127. The highest BCUT2D eigenvalue weighted by Crippen LogP contribution is 2.25. The second kappa shape index (κ2) is 10.7. The van der Waals surface area contributed by atoms with Gasteiger partial charge < -0.3 is 10.1 Å². The van der Waals surface area contributed by atoms with E-state index in [1.165, 1.54) is 30.3 Å². The standard InChI is InChI=1S/C23H15ClIN3O4/c24-18-7-4-15(5-8-18)14-32-22-9-6-16(11-21(22)25)10-17(13-26)23(29)27-19-2-1-3-20(12-19)28(30)31/h1-12H,14H2,(H,27,29)/b17-10+. The van der Waals surface area contributed by atoms with Gasteiger partial charge in [0.15, 0.2) is 0 Å². The minimum absolute atomic E-state index is 0.137. The van der Waals surface area contributed by atoms with Crippen molar-refractivity contribution in [3.8, 4) is 11.8 Å². The molecule has 160 valence electrons. The SMILES string of the molecule is N#C/C(=C\c1ccc(OCc2ccc(Cl)cc2)c(I)c1)C(=O)Nc1cccc([N+](=O)[O-])c1. The van der Waals surface area contributed by atoms with Crippen LogP contribution in [0.5, 0.6) is 5.75 Å². The summed E-state index contributed by atoms with van der Waals surface area (Å²) in [6.07, 6.45) is 1.44. The maximum atomic E-state index is 12.5. The molecule has 1 amide bonds. The molecule has 7 nitrogen and oxygen atoms in total. The van der Waals surface area contributed by atoms with Crippen molar-refractivity contribution in [2.24, 2.45) is 0 Å². The maximum absolute atomic E-state index is 12.5. The second-order valence-electron chi connectivity index (χ2n) is 6.54. The van der Waals surface area contributed by atoms with Gasteiger partial charge in [-0.15, -0.1) is 0 Å². The molecule has 3 aromatic carbocycles. The van der Waals surface area contributed by atoms with E-state index < -0.39 is 10.8 Å². The minimum atomic E-state index is -0.661. The van der Waals surface area contributed by atoms with Crippen LogP contribution in [0, 0.1) is 25.0 Å². The molecule has 0 bridgehead atoms. The van der Waals surface area contributed by atoms with Crippen LogP contribution in [0.1, 0.15) is 11.1 Å². The Labute approximate surface area is 202 Å². The molecule has 0 unspecified atom stereocenters. The molecule has 0 saturated heterocycles. The van der Waals surface area contributed by atoms with E-state index in [-0.39, 0.29) is 16.9 Å². The third kappa shape index (κ3) is 6.29. The van der Waals surface area contributed by atoms with Crippen LogP contribution in [0.25, 0.3) is 6.08 Å². The van der Waals surface area contributed by atoms with E-state index in [4.69, 9.17) is 16.3 Å². The summed E-state index contributed by atoms with van der Waals surface area (Å²) in [5.41, 5.74) is 1.54. The fraction of sp³-hybridized carbons (Fsp3) is 0.0435. The first-order chi connectivity index (χ1) is 15.4. The zero-order valence-electron chi connectivity index (χ0n) is 16.4. The number of anilines is 1. The molecule has 32 heavy (non-hydrogen) atoms. The van der Waals surface area contributed by atoms with Gasteiger partial charge in [0.05, 0.1) is 8.49 Å². The molecule has 0 aliphatic carbocycles. The van der Waals surface area contributed by atoms with Crippen LogP contribution in [-0.2, 0) is 11.4 Å². The fourth-order valence-corrected chi connectivity index (χ4v) is 3.50. The first-order valence-electron chi connectivity index (χ1n) is 9.20. The molecule has 0 aliphatic rings. The number of amides is 1. The van der Waals surface area contributed by atoms with Gasteiger partial charge in [0.25, 0.3) is 11.6 Å². The molecule has 0 atom stereocenters. The van der Waals surface area contributed by atoms with E-state index in [1.807, 2.05) is 18.2 Å². The molecule has 0 saturated carbocycles. The van der Waals surface area contributed by atoms with Gasteiger partial charge in [-0.2, -0.15) is 5.26 Å². The lowest BCUT2D eigenvalue weighted by atomic mass is 10.1.